The molecule has 0 bridgehead atoms. The maximum absolute atomic E-state index is 12.8. The van der Waals surface area contributed by atoms with Crippen LogP contribution in [0.3, 0.4) is 0 Å². The lowest BCUT2D eigenvalue weighted by atomic mass is 10.1. The number of hydrogen-bond donors (Lipinski definition) is 2. The van der Waals surface area contributed by atoms with Gasteiger partial charge in [0.15, 0.2) is 6.10 Å². The van der Waals surface area contributed by atoms with Crippen molar-refractivity contribution in [3.05, 3.63) is 65.5 Å². The molecule has 0 saturated carbocycles. The third kappa shape index (κ3) is 6.25. The summed E-state index contributed by atoms with van der Waals surface area (Å²) in [7, 11) is 0. The summed E-state index contributed by atoms with van der Waals surface area (Å²) in [6.45, 7) is 3.53. The van der Waals surface area contributed by atoms with Crippen molar-refractivity contribution in [1.29, 1.82) is 0 Å². The van der Waals surface area contributed by atoms with Gasteiger partial charge < -0.3 is 4.74 Å². The average molecular weight is 344 g/mol. The van der Waals surface area contributed by atoms with E-state index in [1.165, 1.54) is 31.2 Å². The number of nitrogens with one attached hydrogen (secondary N) is 2. The summed E-state index contributed by atoms with van der Waals surface area (Å²) < 4.78 is 18.2. The van der Waals surface area contributed by atoms with Crippen molar-refractivity contribution < 1.29 is 18.7 Å². The summed E-state index contributed by atoms with van der Waals surface area (Å²) in [6.07, 6.45) is 0.0182. The molecule has 1 unspecified atom stereocenters. The van der Waals surface area contributed by atoms with Crippen LogP contribution in [0.15, 0.2) is 48.5 Å². The van der Waals surface area contributed by atoms with E-state index < -0.39 is 12.0 Å². The van der Waals surface area contributed by atoms with Gasteiger partial charge >= 0.3 is 0 Å². The van der Waals surface area contributed by atoms with Gasteiger partial charge in [0.05, 0.1) is 0 Å². The lowest BCUT2D eigenvalue weighted by Gasteiger charge is -2.15. The number of benzene rings is 2. The summed E-state index contributed by atoms with van der Waals surface area (Å²) in [5.74, 6) is -0.794. The Morgan fingerprint density at radius 3 is 2.52 bits per heavy atom. The van der Waals surface area contributed by atoms with Crippen molar-refractivity contribution in [2.45, 2.75) is 32.8 Å². The molecule has 2 amide bonds. The van der Waals surface area contributed by atoms with Gasteiger partial charge in [-0.05, 0) is 50.1 Å². The van der Waals surface area contributed by atoms with Crippen LogP contribution >= 0.6 is 0 Å². The van der Waals surface area contributed by atoms with E-state index in [4.69, 9.17) is 4.74 Å². The first-order chi connectivity index (χ1) is 11.9. The second kappa shape index (κ2) is 8.82. The fourth-order valence-electron chi connectivity index (χ4n) is 2.19. The van der Waals surface area contributed by atoms with E-state index in [2.05, 4.69) is 10.9 Å². The number of hydrazine groups is 1. The molecule has 0 fully saturated rings. The molecule has 0 heterocycles. The van der Waals surface area contributed by atoms with Crippen LogP contribution in [0.5, 0.6) is 5.75 Å². The zero-order valence-electron chi connectivity index (χ0n) is 14.2. The molecule has 0 spiro atoms. The number of carbonyl (C=O) groups is 2. The Labute approximate surface area is 146 Å². The summed E-state index contributed by atoms with van der Waals surface area (Å²) in [4.78, 5) is 23.7. The van der Waals surface area contributed by atoms with Crippen molar-refractivity contribution >= 4 is 11.8 Å². The largest absolute Gasteiger partial charge is 0.481 e. The predicted octanol–water partition coefficient (Wildman–Crippen LogP) is 2.68. The molecular formula is C19H21FN2O3. The number of amides is 2. The Kier molecular flexibility index (Phi) is 6.51. The monoisotopic (exact) mass is 344 g/mol. The quantitative estimate of drug-likeness (QED) is 0.792. The van der Waals surface area contributed by atoms with Crippen molar-refractivity contribution in [3.63, 3.8) is 0 Å². The summed E-state index contributed by atoms with van der Waals surface area (Å²) in [5.41, 5.74) is 6.89. The van der Waals surface area contributed by atoms with E-state index in [1.807, 2.05) is 31.2 Å². The Bertz CT molecular complexity index is 732. The van der Waals surface area contributed by atoms with Crippen LogP contribution in [0.25, 0.3) is 0 Å². The van der Waals surface area contributed by atoms with E-state index in [1.54, 1.807) is 0 Å². The highest BCUT2D eigenvalue weighted by molar-refractivity contribution is 5.84. The average Bonchev–Trinajstić information content (AvgIpc) is 2.60. The topological polar surface area (TPSA) is 67.4 Å². The van der Waals surface area contributed by atoms with Crippen LogP contribution in [0.4, 0.5) is 4.39 Å². The first-order valence-electron chi connectivity index (χ1n) is 8.00. The first kappa shape index (κ1) is 18.4. The minimum Gasteiger partial charge on any atom is -0.481 e. The van der Waals surface area contributed by atoms with Crippen LogP contribution in [0, 0.1) is 12.7 Å². The number of aryl methyl sites for hydroxylation is 2. The smallest absolute Gasteiger partial charge is 0.279 e. The van der Waals surface area contributed by atoms with Gasteiger partial charge in [-0.15, -0.1) is 0 Å². The fourth-order valence-corrected chi connectivity index (χ4v) is 2.19. The molecule has 1 atom stereocenters. The Morgan fingerprint density at radius 2 is 1.84 bits per heavy atom. The lowest BCUT2D eigenvalue weighted by Crippen LogP contribution is -2.47. The van der Waals surface area contributed by atoms with Gasteiger partial charge in [-0.2, -0.15) is 0 Å². The Balaban J connectivity index is 1.72. The van der Waals surface area contributed by atoms with Gasteiger partial charge in [-0.3, -0.25) is 20.4 Å². The van der Waals surface area contributed by atoms with Gasteiger partial charge in [-0.25, -0.2) is 4.39 Å². The number of hydrogen-bond acceptors (Lipinski definition) is 3. The van der Waals surface area contributed by atoms with Gasteiger partial charge in [0.25, 0.3) is 5.91 Å². The second-order valence-electron chi connectivity index (χ2n) is 5.74. The molecule has 0 aliphatic rings. The minimum atomic E-state index is -0.831. The molecule has 0 aliphatic heterocycles. The SMILES string of the molecule is Cc1cccc(CCC(=O)NNC(=O)C(C)Oc2ccc(F)cc2)c1. The molecule has 2 N–H and O–H groups in total. The molecule has 0 saturated heterocycles. The van der Waals surface area contributed by atoms with E-state index in [0.717, 1.165) is 11.1 Å². The van der Waals surface area contributed by atoms with Crippen molar-refractivity contribution in [2.24, 2.45) is 0 Å². The third-order valence-corrected chi connectivity index (χ3v) is 3.54. The molecule has 132 valence electrons. The van der Waals surface area contributed by atoms with Gasteiger partial charge in [-0.1, -0.05) is 29.8 Å². The first-order valence-corrected chi connectivity index (χ1v) is 8.00. The Morgan fingerprint density at radius 1 is 1.12 bits per heavy atom. The zero-order chi connectivity index (χ0) is 18.2. The molecule has 5 nitrogen and oxygen atoms in total. The molecular weight excluding hydrogens is 323 g/mol. The summed E-state index contributed by atoms with van der Waals surface area (Å²) >= 11 is 0. The van der Waals surface area contributed by atoms with E-state index in [-0.39, 0.29) is 18.1 Å². The van der Waals surface area contributed by atoms with Gasteiger partial charge in [0, 0.05) is 6.42 Å². The fraction of sp³-hybridized carbons (Fsp3) is 0.263. The summed E-state index contributed by atoms with van der Waals surface area (Å²) in [6, 6.07) is 13.3. The maximum Gasteiger partial charge on any atom is 0.279 e. The van der Waals surface area contributed by atoms with Gasteiger partial charge in [0.1, 0.15) is 11.6 Å². The van der Waals surface area contributed by atoms with Crippen LogP contribution in [0.2, 0.25) is 0 Å². The second-order valence-corrected chi connectivity index (χ2v) is 5.74. The maximum atomic E-state index is 12.8. The molecule has 0 aliphatic carbocycles. The van der Waals surface area contributed by atoms with E-state index in [9.17, 15) is 14.0 Å². The van der Waals surface area contributed by atoms with Crippen LogP contribution in [0.1, 0.15) is 24.5 Å². The third-order valence-electron chi connectivity index (χ3n) is 3.54. The molecule has 2 rings (SSSR count). The van der Waals surface area contributed by atoms with Crippen molar-refractivity contribution in [2.75, 3.05) is 0 Å². The van der Waals surface area contributed by atoms with Crippen molar-refractivity contribution in [3.8, 4) is 5.75 Å². The molecule has 25 heavy (non-hydrogen) atoms. The zero-order valence-corrected chi connectivity index (χ0v) is 14.2. The molecule has 2 aromatic carbocycles. The van der Waals surface area contributed by atoms with E-state index >= 15 is 0 Å². The van der Waals surface area contributed by atoms with Crippen LogP contribution in [-0.2, 0) is 16.0 Å². The Hall–Kier alpha value is -2.89. The van der Waals surface area contributed by atoms with Crippen molar-refractivity contribution in [1.82, 2.24) is 10.9 Å². The van der Waals surface area contributed by atoms with Gasteiger partial charge in [0.2, 0.25) is 5.91 Å². The highest BCUT2D eigenvalue weighted by Gasteiger charge is 2.15. The number of ether oxygens (including phenoxy) is 1. The predicted molar refractivity (Wildman–Crippen MR) is 92.3 cm³/mol. The number of carbonyl (C=O) groups excluding carboxylic acids is 2. The normalized spacial score (nSPS) is 11.5. The minimum absolute atomic E-state index is 0.261. The molecule has 6 heteroatoms. The highest BCUT2D eigenvalue weighted by Crippen LogP contribution is 2.13. The summed E-state index contributed by atoms with van der Waals surface area (Å²) in [5, 5.41) is 0. The van der Waals surface area contributed by atoms with Crippen LogP contribution < -0.4 is 15.6 Å². The number of rotatable bonds is 6. The standard InChI is InChI=1S/C19H21FN2O3/c1-13-4-3-5-15(12-13)6-11-18(23)21-22-19(24)14(2)25-17-9-7-16(20)8-10-17/h3-5,7-10,12,14H,6,11H2,1-2H3,(H,21,23)(H,22,24). The molecule has 0 radical (unpaired) electrons. The van der Waals surface area contributed by atoms with Crippen LogP contribution in [-0.4, -0.2) is 17.9 Å². The molecule has 0 aromatic heterocycles. The number of halogens is 1. The molecule has 2 aromatic rings. The van der Waals surface area contributed by atoms with E-state index in [0.29, 0.717) is 12.2 Å². The highest BCUT2D eigenvalue weighted by atomic mass is 19.1. The lowest BCUT2D eigenvalue weighted by molar-refractivity contribution is -0.132.